The first-order chi connectivity index (χ1) is 10.0. The number of ether oxygens (including phenoxy) is 1. The molecule has 0 radical (unpaired) electrons. The standard InChI is InChI=1S/C16H25N3O2/c1-4-21-16(20)13-5-6-14(17)15(11-13)19-9-7-18(8-10-19)12(2)3/h5-6,11-12H,4,7-10,17H2,1-3H3. The van der Waals surface area contributed by atoms with Crippen molar-refractivity contribution < 1.29 is 9.53 Å². The highest BCUT2D eigenvalue weighted by Gasteiger charge is 2.21. The Morgan fingerprint density at radius 3 is 2.52 bits per heavy atom. The highest BCUT2D eigenvalue weighted by Crippen LogP contribution is 2.26. The molecule has 1 fully saturated rings. The van der Waals surface area contributed by atoms with Crippen LogP contribution in [0.4, 0.5) is 11.4 Å². The number of nitrogens with two attached hydrogens (primary N) is 1. The lowest BCUT2D eigenvalue weighted by Crippen LogP contribution is -2.49. The number of carbonyl (C=O) groups is 1. The summed E-state index contributed by atoms with van der Waals surface area (Å²) in [6.07, 6.45) is 0. The molecule has 116 valence electrons. The summed E-state index contributed by atoms with van der Waals surface area (Å²) in [6.45, 7) is 10.5. The van der Waals surface area contributed by atoms with Crippen LogP contribution in [0.15, 0.2) is 18.2 Å². The minimum Gasteiger partial charge on any atom is -0.462 e. The van der Waals surface area contributed by atoms with Gasteiger partial charge in [0.25, 0.3) is 0 Å². The van der Waals surface area contributed by atoms with Crippen LogP contribution in [0, 0.1) is 0 Å². The zero-order chi connectivity index (χ0) is 15.4. The monoisotopic (exact) mass is 291 g/mol. The molecule has 0 amide bonds. The fourth-order valence-electron chi connectivity index (χ4n) is 2.64. The van der Waals surface area contributed by atoms with Gasteiger partial charge >= 0.3 is 5.97 Å². The molecule has 0 unspecified atom stereocenters. The van der Waals surface area contributed by atoms with Gasteiger partial charge in [-0.25, -0.2) is 4.79 Å². The smallest absolute Gasteiger partial charge is 0.338 e. The maximum atomic E-state index is 11.8. The van der Waals surface area contributed by atoms with Crippen molar-refractivity contribution in [3.63, 3.8) is 0 Å². The Morgan fingerprint density at radius 1 is 1.29 bits per heavy atom. The van der Waals surface area contributed by atoms with Gasteiger partial charge < -0.3 is 15.4 Å². The average molecular weight is 291 g/mol. The van der Waals surface area contributed by atoms with Crippen molar-refractivity contribution in [3.05, 3.63) is 23.8 Å². The summed E-state index contributed by atoms with van der Waals surface area (Å²) in [5.74, 6) is -0.292. The number of piperazine rings is 1. The Balaban J connectivity index is 2.13. The lowest BCUT2D eigenvalue weighted by molar-refractivity contribution is 0.0526. The fraction of sp³-hybridized carbons (Fsp3) is 0.562. The highest BCUT2D eigenvalue weighted by molar-refractivity contribution is 5.92. The molecule has 0 saturated carbocycles. The Morgan fingerprint density at radius 2 is 1.95 bits per heavy atom. The molecule has 1 aromatic rings. The van der Waals surface area contributed by atoms with Crippen molar-refractivity contribution in [1.82, 2.24) is 4.90 Å². The summed E-state index contributed by atoms with van der Waals surface area (Å²) in [5, 5.41) is 0. The summed E-state index contributed by atoms with van der Waals surface area (Å²) < 4.78 is 5.05. The molecule has 0 atom stereocenters. The number of rotatable bonds is 4. The van der Waals surface area contributed by atoms with Crippen LogP contribution >= 0.6 is 0 Å². The van der Waals surface area contributed by atoms with Crippen LogP contribution in [0.25, 0.3) is 0 Å². The Hall–Kier alpha value is -1.75. The number of hydrogen-bond donors (Lipinski definition) is 1. The van der Waals surface area contributed by atoms with E-state index in [1.807, 2.05) is 6.07 Å². The molecular weight excluding hydrogens is 266 g/mol. The van der Waals surface area contributed by atoms with Gasteiger partial charge in [-0.3, -0.25) is 4.90 Å². The normalized spacial score (nSPS) is 16.3. The molecule has 1 aliphatic rings. The van der Waals surface area contributed by atoms with Crippen molar-refractivity contribution in [2.75, 3.05) is 43.4 Å². The molecule has 1 saturated heterocycles. The largest absolute Gasteiger partial charge is 0.462 e. The molecule has 0 aliphatic carbocycles. The predicted octanol–water partition coefficient (Wildman–Crippen LogP) is 1.98. The van der Waals surface area contributed by atoms with E-state index in [9.17, 15) is 4.79 Å². The molecular formula is C16H25N3O2. The predicted molar refractivity (Wildman–Crippen MR) is 85.7 cm³/mol. The molecule has 21 heavy (non-hydrogen) atoms. The maximum absolute atomic E-state index is 11.8. The van der Waals surface area contributed by atoms with Crippen molar-refractivity contribution in [2.45, 2.75) is 26.8 Å². The topological polar surface area (TPSA) is 58.8 Å². The van der Waals surface area contributed by atoms with Gasteiger partial charge in [0.15, 0.2) is 0 Å². The minimum absolute atomic E-state index is 0.292. The number of hydrogen-bond acceptors (Lipinski definition) is 5. The summed E-state index contributed by atoms with van der Waals surface area (Å²) in [7, 11) is 0. The molecule has 5 nitrogen and oxygen atoms in total. The van der Waals surface area contributed by atoms with Gasteiger partial charge in [0, 0.05) is 32.2 Å². The molecule has 0 spiro atoms. The lowest BCUT2D eigenvalue weighted by Gasteiger charge is -2.38. The van der Waals surface area contributed by atoms with E-state index in [4.69, 9.17) is 10.5 Å². The summed E-state index contributed by atoms with van der Waals surface area (Å²) >= 11 is 0. The molecule has 1 aromatic carbocycles. The molecule has 0 bridgehead atoms. The van der Waals surface area contributed by atoms with E-state index in [1.165, 1.54) is 0 Å². The van der Waals surface area contributed by atoms with Crippen LogP contribution < -0.4 is 10.6 Å². The van der Waals surface area contributed by atoms with Crippen molar-refractivity contribution in [3.8, 4) is 0 Å². The van der Waals surface area contributed by atoms with Crippen molar-refractivity contribution in [2.24, 2.45) is 0 Å². The van der Waals surface area contributed by atoms with Crippen LogP contribution in [-0.2, 0) is 4.74 Å². The number of benzene rings is 1. The SMILES string of the molecule is CCOC(=O)c1ccc(N)c(N2CCN(C(C)C)CC2)c1. The molecule has 0 aromatic heterocycles. The second-order valence-corrected chi connectivity index (χ2v) is 5.61. The summed E-state index contributed by atoms with van der Waals surface area (Å²) in [5.41, 5.74) is 8.29. The van der Waals surface area contributed by atoms with E-state index in [1.54, 1.807) is 19.1 Å². The first kappa shape index (κ1) is 15.6. The summed E-state index contributed by atoms with van der Waals surface area (Å²) in [6, 6.07) is 5.92. The first-order valence-electron chi connectivity index (χ1n) is 7.58. The number of carbonyl (C=O) groups excluding carboxylic acids is 1. The minimum atomic E-state index is -0.292. The molecule has 2 rings (SSSR count). The maximum Gasteiger partial charge on any atom is 0.338 e. The van der Waals surface area contributed by atoms with Gasteiger partial charge in [-0.15, -0.1) is 0 Å². The van der Waals surface area contributed by atoms with E-state index in [2.05, 4.69) is 23.6 Å². The van der Waals surface area contributed by atoms with E-state index in [0.717, 1.165) is 31.9 Å². The third kappa shape index (κ3) is 3.67. The quantitative estimate of drug-likeness (QED) is 0.679. The third-order valence-corrected chi connectivity index (χ3v) is 3.93. The van der Waals surface area contributed by atoms with E-state index in [-0.39, 0.29) is 5.97 Å². The van der Waals surface area contributed by atoms with Crippen molar-refractivity contribution in [1.29, 1.82) is 0 Å². The Bertz CT molecular complexity index is 494. The molecule has 2 N–H and O–H groups in total. The Labute approximate surface area is 126 Å². The second-order valence-electron chi connectivity index (χ2n) is 5.61. The number of nitrogen functional groups attached to an aromatic ring is 1. The lowest BCUT2D eigenvalue weighted by atomic mass is 10.1. The van der Waals surface area contributed by atoms with E-state index < -0.39 is 0 Å². The summed E-state index contributed by atoms with van der Waals surface area (Å²) in [4.78, 5) is 16.5. The third-order valence-electron chi connectivity index (χ3n) is 3.93. The molecule has 1 heterocycles. The van der Waals surface area contributed by atoms with Crippen LogP contribution in [0.1, 0.15) is 31.1 Å². The number of nitrogens with zero attached hydrogens (tertiary/aromatic N) is 2. The van der Waals surface area contributed by atoms with Crippen LogP contribution in [0.3, 0.4) is 0 Å². The zero-order valence-electron chi connectivity index (χ0n) is 13.1. The van der Waals surface area contributed by atoms with E-state index in [0.29, 0.717) is 23.9 Å². The zero-order valence-corrected chi connectivity index (χ0v) is 13.1. The van der Waals surface area contributed by atoms with Crippen LogP contribution in [0.2, 0.25) is 0 Å². The first-order valence-corrected chi connectivity index (χ1v) is 7.58. The number of esters is 1. The van der Waals surface area contributed by atoms with Crippen LogP contribution in [0.5, 0.6) is 0 Å². The fourth-order valence-corrected chi connectivity index (χ4v) is 2.64. The number of anilines is 2. The second kappa shape index (κ2) is 6.80. The van der Waals surface area contributed by atoms with Crippen molar-refractivity contribution >= 4 is 17.3 Å². The van der Waals surface area contributed by atoms with Gasteiger partial charge in [0.1, 0.15) is 0 Å². The van der Waals surface area contributed by atoms with Crippen LogP contribution in [-0.4, -0.2) is 49.7 Å². The van der Waals surface area contributed by atoms with Gasteiger partial charge in [0.05, 0.1) is 23.5 Å². The van der Waals surface area contributed by atoms with Gasteiger partial charge in [-0.05, 0) is 39.0 Å². The van der Waals surface area contributed by atoms with Gasteiger partial charge in [-0.1, -0.05) is 0 Å². The molecule has 1 aliphatic heterocycles. The highest BCUT2D eigenvalue weighted by atomic mass is 16.5. The van der Waals surface area contributed by atoms with Gasteiger partial charge in [-0.2, -0.15) is 0 Å². The Kier molecular flexibility index (Phi) is 5.07. The average Bonchev–Trinajstić information content (AvgIpc) is 2.48. The molecule has 5 heteroatoms. The van der Waals surface area contributed by atoms with Gasteiger partial charge in [0.2, 0.25) is 0 Å². The van der Waals surface area contributed by atoms with E-state index >= 15 is 0 Å².